The van der Waals surface area contributed by atoms with E-state index in [0.29, 0.717) is 0 Å². The van der Waals surface area contributed by atoms with Crippen molar-refractivity contribution in [3.63, 3.8) is 0 Å². The van der Waals surface area contributed by atoms with Gasteiger partial charge in [-0.3, -0.25) is 0 Å². The molecule has 3 nitrogen and oxygen atoms in total. The number of furan rings is 1. The van der Waals surface area contributed by atoms with Gasteiger partial charge in [-0.15, -0.1) is 0 Å². The fourth-order valence-corrected chi connectivity index (χ4v) is 9.24. The maximum Gasteiger partial charge on any atom is 0.136 e. The summed E-state index contributed by atoms with van der Waals surface area (Å²) >= 11 is 0. The predicted octanol–water partition coefficient (Wildman–Crippen LogP) is 17.3. The van der Waals surface area contributed by atoms with Gasteiger partial charge < -0.3 is 13.9 Å². The number of nitrogens with zero attached hydrogens (tertiary/aromatic N) is 2. The molecule has 11 aromatic rings. The van der Waals surface area contributed by atoms with Crippen LogP contribution in [0.1, 0.15) is 18.2 Å². The number of rotatable bonds is 10. The van der Waals surface area contributed by atoms with Crippen molar-refractivity contribution in [3.05, 3.63) is 242 Å². The van der Waals surface area contributed by atoms with E-state index in [1.54, 1.807) is 6.08 Å². The average molecular weight is 821 g/mol. The molecule has 0 amide bonds. The van der Waals surface area contributed by atoms with Gasteiger partial charge >= 0.3 is 0 Å². The molecule has 0 saturated carbocycles. The molecule has 0 saturated heterocycles. The molecule has 0 N–H and O–H groups in total. The molecular weight excluding hydrogens is 777 g/mol. The Hall–Kier alpha value is -8.40. The van der Waals surface area contributed by atoms with Gasteiger partial charge in [-0.1, -0.05) is 158 Å². The van der Waals surface area contributed by atoms with E-state index in [1.165, 1.54) is 38.5 Å². The molecule has 0 spiro atoms. The first-order valence-corrected chi connectivity index (χ1v) is 21.8. The molecule has 0 unspecified atom stereocenters. The second-order valence-electron chi connectivity index (χ2n) is 16.1. The molecule has 304 valence electrons. The second-order valence-corrected chi connectivity index (χ2v) is 16.1. The number of benzene rings is 9. The molecule has 0 bridgehead atoms. The molecule has 2 aromatic heterocycles. The normalized spacial score (nSPS) is 11.5. The van der Waals surface area contributed by atoms with Crippen LogP contribution >= 0.6 is 0 Å². The molecule has 0 radical (unpaired) electrons. The van der Waals surface area contributed by atoms with Crippen molar-refractivity contribution in [2.75, 3.05) is 4.90 Å². The predicted molar refractivity (Wildman–Crippen MR) is 272 cm³/mol. The first-order valence-electron chi connectivity index (χ1n) is 21.8. The van der Waals surface area contributed by atoms with Crippen LogP contribution in [0.5, 0.6) is 0 Å². The van der Waals surface area contributed by atoms with E-state index in [9.17, 15) is 0 Å². The highest BCUT2D eigenvalue weighted by Gasteiger charge is 2.18. The molecule has 3 heteroatoms. The Morgan fingerprint density at radius 2 is 0.922 bits per heavy atom. The van der Waals surface area contributed by atoms with Crippen LogP contribution < -0.4 is 4.90 Å². The summed E-state index contributed by atoms with van der Waals surface area (Å²) in [6.45, 7) is 6.00. The zero-order valence-corrected chi connectivity index (χ0v) is 35.5. The van der Waals surface area contributed by atoms with Gasteiger partial charge in [0.25, 0.3) is 0 Å². The Bertz CT molecular complexity index is 3480. The van der Waals surface area contributed by atoms with Crippen molar-refractivity contribution in [2.24, 2.45) is 0 Å². The van der Waals surface area contributed by atoms with E-state index < -0.39 is 0 Å². The van der Waals surface area contributed by atoms with E-state index in [0.717, 1.165) is 72.9 Å². The zero-order chi connectivity index (χ0) is 43.0. The Kier molecular flexibility index (Phi) is 9.91. The molecule has 0 atom stereocenters. The van der Waals surface area contributed by atoms with Crippen LogP contribution in [-0.4, -0.2) is 4.57 Å². The Labute approximate surface area is 373 Å². The summed E-state index contributed by atoms with van der Waals surface area (Å²) in [7, 11) is 0. The van der Waals surface area contributed by atoms with Gasteiger partial charge in [-0.25, -0.2) is 0 Å². The van der Waals surface area contributed by atoms with Crippen LogP contribution in [-0.2, 0) is 0 Å². The lowest BCUT2D eigenvalue weighted by molar-refractivity contribution is 0.603. The van der Waals surface area contributed by atoms with Crippen molar-refractivity contribution in [3.8, 4) is 50.2 Å². The molecule has 11 rings (SSSR count). The van der Waals surface area contributed by atoms with E-state index in [-0.39, 0.29) is 0 Å². The number of aromatic nitrogens is 1. The number of para-hydroxylation sites is 2. The molecule has 0 aliphatic rings. The first kappa shape index (κ1) is 38.5. The highest BCUT2D eigenvalue weighted by Crippen LogP contribution is 2.41. The molecule has 2 heterocycles. The Balaban J connectivity index is 1.00. The quantitative estimate of drug-likeness (QED) is 0.137. The van der Waals surface area contributed by atoms with Gasteiger partial charge in [0.1, 0.15) is 11.3 Å². The third-order valence-electron chi connectivity index (χ3n) is 12.3. The van der Waals surface area contributed by atoms with Gasteiger partial charge in [-0.2, -0.15) is 0 Å². The van der Waals surface area contributed by atoms with E-state index >= 15 is 0 Å². The van der Waals surface area contributed by atoms with Crippen molar-refractivity contribution in [1.82, 2.24) is 4.57 Å². The summed E-state index contributed by atoms with van der Waals surface area (Å²) < 4.78 is 8.62. The highest BCUT2D eigenvalue weighted by molar-refractivity contribution is 6.09. The molecule has 9 aromatic carbocycles. The number of hydrogen-bond donors (Lipinski definition) is 0. The minimum Gasteiger partial charge on any atom is -0.456 e. The van der Waals surface area contributed by atoms with Crippen molar-refractivity contribution in [1.29, 1.82) is 0 Å². The standard InChI is InChI=1S/C61H44N2O/c1-3-16-56-57-36-33-49(40-61(57)64-60(56)4-2)47-22-13-20-45(38-47)43-31-34-50(35-32-43)62(51-24-14-23-48(39-51)46-21-12-19-44(37-46)42-17-6-5-7-18-42)52-25-15-26-53(41-52)63-58-29-10-8-27-54(58)55-28-9-11-30-59(55)63/h3-41H,2H2,1H3/b16-3-. The molecule has 64 heavy (non-hydrogen) atoms. The first-order chi connectivity index (χ1) is 31.6. The van der Waals surface area contributed by atoms with Crippen LogP contribution in [0, 0.1) is 0 Å². The fourth-order valence-electron chi connectivity index (χ4n) is 9.24. The summed E-state index contributed by atoms with van der Waals surface area (Å²) in [5.41, 5.74) is 17.8. The topological polar surface area (TPSA) is 21.3 Å². The number of fused-ring (bicyclic) bond motifs is 4. The Morgan fingerprint density at radius 1 is 0.422 bits per heavy atom. The summed E-state index contributed by atoms with van der Waals surface area (Å²) in [4.78, 5) is 2.38. The minimum absolute atomic E-state index is 0.788. The van der Waals surface area contributed by atoms with Crippen molar-refractivity contribution >= 4 is 62.0 Å². The van der Waals surface area contributed by atoms with Gasteiger partial charge in [-0.05, 0) is 136 Å². The molecule has 0 fully saturated rings. The lowest BCUT2D eigenvalue weighted by Gasteiger charge is -2.27. The Morgan fingerprint density at radius 3 is 1.56 bits per heavy atom. The highest BCUT2D eigenvalue weighted by atomic mass is 16.3. The van der Waals surface area contributed by atoms with Crippen LogP contribution in [0.25, 0.3) is 95.1 Å². The zero-order valence-electron chi connectivity index (χ0n) is 35.5. The smallest absolute Gasteiger partial charge is 0.136 e. The van der Waals surface area contributed by atoms with Gasteiger partial charge in [0.05, 0.1) is 11.0 Å². The monoisotopic (exact) mass is 820 g/mol. The van der Waals surface area contributed by atoms with Crippen LogP contribution in [0.15, 0.2) is 235 Å². The van der Waals surface area contributed by atoms with Gasteiger partial charge in [0, 0.05) is 44.5 Å². The summed E-state index contributed by atoms with van der Waals surface area (Å²) in [5.74, 6) is 0.788. The summed E-state index contributed by atoms with van der Waals surface area (Å²) in [5, 5.41) is 3.57. The van der Waals surface area contributed by atoms with Crippen molar-refractivity contribution < 1.29 is 4.42 Å². The maximum atomic E-state index is 6.23. The largest absolute Gasteiger partial charge is 0.456 e. The van der Waals surface area contributed by atoms with Crippen LogP contribution in [0.4, 0.5) is 17.1 Å². The lowest BCUT2D eigenvalue weighted by atomic mass is 9.97. The van der Waals surface area contributed by atoms with E-state index in [2.05, 4.69) is 241 Å². The minimum atomic E-state index is 0.788. The average Bonchev–Trinajstić information content (AvgIpc) is 3.90. The van der Waals surface area contributed by atoms with E-state index in [4.69, 9.17) is 4.42 Å². The third-order valence-corrected chi connectivity index (χ3v) is 12.3. The van der Waals surface area contributed by atoms with E-state index in [1.807, 2.05) is 13.0 Å². The van der Waals surface area contributed by atoms with Crippen molar-refractivity contribution in [2.45, 2.75) is 6.92 Å². The SMILES string of the molecule is C=Cc1oc2cc(-c3cccc(-c4ccc(N(c5cccc(-c6cccc(-c7ccccc7)c6)c5)c5cccc(-n6c7ccccc7c7ccccc76)c5)cc4)c3)ccc2c1/C=C\C. The van der Waals surface area contributed by atoms with Gasteiger partial charge in [0.2, 0.25) is 0 Å². The molecule has 0 aliphatic carbocycles. The summed E-state index contributed by atoms with van der Waals surface area (Å²) in [6.07, 6.45) is 5.90. The van der Waals surface area contributed by atoms with Gasteiger partial charge in [0.15, 0.2) is 0 Å². The molecular formula is C61H44N2O. The fraction of sp³-hybridized carbons (Fsp3) is 0.0164. The summed E-state index contributed by atoms with van der Waals surface area (Å²) in [6, 6.07) is 78.8. The number of hydrogen-bond acceptors (Lipinski definition) is 2. The third kappa shape index (κ3) is 7.00. The lowest BCUT2D eigenvalue weighted by Crippen LogP contribution is -2.10. The number of anilines is 3. The number of allylic oxidation sites excluding steroid dienone is 1. The van der Waals surface area contributed by atoms with Crippen LogP contribution in [0.2, 0.25) is 0 Å². The maximum absolute atomic E-state index is 6.23. The second kappa shape index (κ2) is 16.5. The van der Waals surface area contributed by atoms with Crippen LogP contribution in [0.3, 0.4) is 0 Å². The molecule has 0 aliphatic heterocycles.